The molecule has 0 saturated carbocycles. The molecule has 0 spiro atoms. The lowest BCUT2D eigenvalue weighted by atomic mass is 10.4. The number of carbonyl (C=O) groups is 2. The van der Waals surface area contributed by atoms with Crippen molar-refractivity contribution in [2.75, 3.05) is 0 Å². The summed E-state index contributed by atoms with van der Waals surface area (Å²) in [6.07, 6.45) is 0. The molecule has 76 valence electrons. The van der Waals surface area contributed by atoms with Gasteiger partial charge in [0.2, 0.25) is 0 Å². The quantitative estimate of drug-likeness (QED) is 0.272. The van der Waals surface area contributed by atoms with Crippen LogP contribution in [0.4, 0.5) is 0 Å². The zero-order valence-electron chi connectivity index (χ0n) is 7.66. The highest BCUT2D eigenvalue weighted by Gasteiger charge is 2.10. The van der Waals surface area contributed by atoms with E-state index in [1.54, 1.807) is 16.8 Å². The standard InChI is InChI=1S/C8H11N3O2S/c1-5-2-3-6(14-5)4-10-7(12)8(13)11-9/h2-3H,4,9H2,1H3,(H,10,12)(H,11,13). The van der Waals surface area contributed by atoms with E-state index in [0.717, 1.165) is 9.75 Å². The van der Waals surface area contributed by atoms with Crippen molar-refractivity contribution in [3.05, 3.63) is 21.9 Å². The molecular weight excluding hydrogens is 202 g/mol. The molecule has 0 radical (unpaired) electrons. The lowest BCUT2D eigenvalue weighted by Crippen LogP contribution is -2.42. The van der Waals surface area contributed by atoms with Gasteiger partial charge in [-0.2, -0.15) is 0 Å². The average molecular weight is 213 g/mol. The summed E-state index contributed by atoms with van der Waals surface area (Å²) in [4.78, 5) is 23.8. The van der Waals surface area contributed by atoms with Crippen molar-refractivity contribution >= 4 is 23.2 Å². The fraction of sp³-hybridized carbons (Fsp3) is 0.250. The van der Waals surface area contributed by atoms with Crippen LogP contribution in [-0.2, 0) is 16.1 Å². The molecule has 1 heterocycles. The summed E-state index contributed by atoms with van der Waals surface area (Å²) in [5.74, 6) is 3.23. The van der Waals surface area contributed by atoms with E-state index in [-0.39, 0.29) is 0 Å². The Kier molecular flexibility index (Phi) is 3.61. The van der Waals surface area contributed by atoms with Gasteiger partial charge >= 0.3 is 11.8 Å². The van der Waals surface area contributed by atoms with Gasteiger partial charge in [-0.05, 0) is 19.1 Å². The molecule has 0 atom stereocenters. The van der Waals surface area contributed by atoms with Gasteiger partial charge in [-0.15, -0.1) is 11.3 Å². The Morgan fingerprint density at radius 3 is 2.64 bits per heavy atom. The van der Waals surface area contributed by atoms with Crippen LogP contribution in [-0.4, -0.2) is 11.8 Å². The minimum absolute atomic E-state index is 0.352. The Morgan fingerprint density at radius 2 is 2.14 bits per heavy atom. The predicted octanol–water partition coefficient (Wildman–Crippen LogP) is -0.337. The molecule has 1 aromatic rings. The molecule has 1 rings (SSSR count). The summed E-state index contributed by atoms with van der Waals surface area (Å²) in [7, 11) is 0. The van der Waals surface area contributed by atoms with E-state index in [4.69, 9.17) is 5.84 Å². The topological polar surface area (TPSA) is 84.2 Å². The number of hydrogen-bond donors (Lipinski definition) is 3. The number of carbonyl (C=O) groups excluding carboxylic acids is 2. The van der Waals surface area contributed by atoms with Crippen LogP contribution in [0.5, 0.6) is 0 Å². The summed E-state index contributed by atoms with van der Waals surface area (Å²) < 4.78 is 0. The highest BCUT2D eigenvalue weighted by Crippen LogP contribution is 2.14. The number of nitrogens with one attached hydrogen (secondary N) is 2. The first-order chi connectivity index (χ1) is 6.63. The number of rotatable bonds is 2. The first-order valence-corrected chi connectivity index (χ1v) is 4.79. The van der Waals surface area contributed by atoms with E-state index in [1.807, 2.05) is 19.1 Å². The third-order valence-electron chi connectivity index (χ3n) is 1.56. The van der Waals surface area contributed by atoms with Crippen molar-refractivity contribution in [2.45, 2.75) is 13.5 Å². The van der Waals surface area contributed by atoms with Crippen molar-refractivity contribution in [2.24, 2.45) is 5.84 Å². The van der Waals surface area contributed by atoms with Crippen molar-refractivity contribution < 1.29 is 9.59 Å². The van der Waals surface area contributed by atoms with Crippen LogP contribution in [0.15, 0.2) is 12.1 Å². The molecule has 0 aliphatic rings. The van der Waals surface area contributed by atoms with Gasteiger partial charge in [-0.3, -0.25) is 15.0 Å². The van der Waals surface area contributed by atoms with E-state index in [1.165, 1.54) is 0 Å². The summed E-state index contributed by atoms with van der Waals surface area (Å²) in [5.41, 5.74) is 1.76. The molecule has 14 heavy (non-hydrogen) atoms. The molecule has 5 nitrogen and oxygen atoms in total. The van der Waals surface area contributed by atoms with Crippen LogP contribution < -0.4 is 16.6 Å². The molecule has 0 unspecified atom stereocenters. The van der Waals surface area contributed by atoms with E-state index < -0.39 is 11.8 Å². The van der Waals surface area contributed by atoms with E-state index in [9.17, 15) is 9.59 Å². The first-order valence-electron chi connectivity index (χ1n) is 3.97. The zero-order chi connectivity index (χ0) is 10.6. The van der Waals surface area contributed by atoms with Gasteiger partial charge in [0, 0.05) is 9.75 Å². The van der Waals surface area contributed by atoms with Crippen LogP contribution in [0.1, 0.15) is 9.75 Å². The van der Waals surface area contributed by atoms with Crippen molar-refractivity contribution in [3.8, 4) is 0 Å². The van der Waals surface area contributed by atoms with Gasteiger partial charge in [-0.1, -0.05) is 0 Å². The number of hydrogen-bond acceptors (Lipinski definition) is 4. The second-order valence-corrected chi connectivity index (χ2v) is 4.04. The van der Waals surface area contributed by atoms with Crippen LogP contribution in [0.2, 0.25) is 0 Å². The van der Waals surface area contributed by atoms with Crippen molar-refractivity contribution in [1.82, 2.24) is 10.7 Å². The zero-order valence-corrected chi connectivity index (χ0v) is 8.48. The Labute approximate surface area is 85.3 Å². The monoisotopic (exact) mass is 213 g/mol. The molecule has 0 aromatic carbocycles. The third kappa shape index (κ3) is 2.82. The summed E-state index contributed by atoms with van der Waals surface area (Å²) in [6.45, 7) is 2.33. The minimum Gasteiger partial charge on any atom is -0.343 e. The lowest BCUT2D eigenvalue weighted by molar-refractivity contribution is -0.139. The summed E-state index contributed by atoms with van der Waals surface area (Å²) >= 11 is 1.57. The van der Waals surface area contributed by atoms with Gasteiger partial charge in [0.05, 0.1) is 6.54 Å². The van der Waals surface area contributed by atoms with Crippen molar-refractivity contribution in [3.63, 3.8) is 0 Å². The Bertz CT molecular complexity index is 348. The number of thiophene rings is 1. The van der Waals surface area contributed by atoms with Gasteiger partial charge in [0.1, 0.15) is 0 Å². The molecule has 2 amide bonds. The Balaban J connectivity index is 2.41. The number of amides is 2. The molecule has 1 aromatic heterocycles. The predicted molar refractivity (Wildman–Crippen MR) is 53.2 cm³/mol. The van der Waals surface area contributed by atoms with Crippen LogP contribution in [0, 0.1) is 6.92 Å². The third-order valence-corrected chi connectivity index (χ3v) is 2.56. The normalized spacial score (nSPS) is 9.57. The van der Waals surface area contributed by atoms with Crippen LogP contribution in [0.3, 0.4) is 0 Å². The largest absolute Gasteiger partial charge is 0.343 e. The fourth-order valence-electron chi connectivity index (χ4n) is 0.893. The molecule has 0 fully saturated rings. The first kappa shape index (κ1) is 10.7. The summed E-state index contributed by atoms with van der Waals surface area (Å²) in [5, 5.41) is 2.44. The highest BCUT2D eigenvalue weighted by molar-refractivity contribution is 7.11. The minimum atomic E-state index is -0.835. The van der Waals surface area contributed by atoms with E-state index >= 15 is 0 Å². The SMILES string of the molecule is Cc1ccc(CNC(=O)C(=O)NN)s1. The molecule has 0 aliphatic heterocycles. The van der Waals surface area contributed by atoms with Crippen LogP contribution >= 0.6 is 11.3 Å². The number of nitrogens with two attached hydrogens (primary N) is 1. The van der Waals surface area contributed by atoms with Gasteiger partial charge < -0.3 is 5.32 Å². The van der Waals surface area contributed by atoms with Crippen molar-refractivity contribution in [1.29, 1.82) is 0 Å². The Hall–Kier alpha value is -1.40. The summed E-state index contributed by atoms with van der Waals surface area (Å²) in [6, 6.07) is 3.86. The average Bonchev–Trinajstić information content (AvgIpc) is 2.59. The maximum Gasteiger partial charge on any atom is 0.323 e. The second-order valence-electron chi connectivity index (χ2n) is 2.67. The molecule has 6 heteroatoms. The van der Waals surface area contributed by atoms with Gasteiger partial charge in [0.15, 0.2) is 0 Å². The second kappa shape index (κ2) is 4.73. The maximum absolute atomic E-state index is 11.0. The molecule has 0 bridgehead atoms. The van der Waals surface area contributed by atoms with Gasteiger partial charge in [-0.25, -0.2) is 5.84 Å². The Morgan fingerprint density at radius 1 is 1.43 bits per heavy atom. The molecule has 0 aliphatic carbocycles. The molecular formula is C8H11N3O2S. The number of aryl methyl sites for hydroxylation is 1. The molecule has 4 N–H and O–H groups in total. The molecule has 0 saturated heterocycles. The number of hydrazine groups is 1. The van der Waals surface area contributed by atoms with E-state index in [0.29, 0.717) is 6.54 Å². The smallest absolute Gasteiger partial charge is 0.323 e. The maximum atomic E-state index is 11.0. The van der Waals surface area contributed by atoms with Crippen LogP contribution in [0.25, 0.3) is 0 Å². The van der Waals surface area contributed by atoms with Gasteiger partial charge in [0.25, 0.3) is 0 Å². The van der Waals surface area contributed by atoms with E-state index in [2.05, 4.69) is 5.32 Å². The fourth-order valence-corrected chi connectivity index (χ4v) is 1.72. The lowest BCUT2D eigenvalue weighted by Gasteiger charge is -2.00. The highest BCUT2D eigenvalue weighted by atomic mass is 32.1.